The van der Waals surface area contributed by atoms with Crippen LogP contribution >= 0.6 is 0 Å². The Kier molecular flexibility index (Phi) is 10.2. The summed E-state index contributed by atoms with van der Waals surface area (Å²) in [6, 6.07) is 1.68. The summed E-state index contributed by atoms with van der Waals surface area (Å²) in [5, 5.41) is 15.8. The first-order chi connectivity index (χ1) is 16.8. The van der Waals surface area contributed by atoms with Crippen LogP contribution in [0.5, 0.6) is 0 Å². The van der Waals surface area contributed by atoms with Crippen molar-refractivity contribution in [3.8, 4) is 6.07 Å². The smallest absolute Gasteiger partial charge is 0.413 e. The number of guanidine groups is 1. The van der Waals surface area contributed by atoms with Gasteiger partial charge in [0.05, 0.1) is 25.4 Å². The molecule has 2 unspecified atom stereocenters. The number of aliphatic imine (C=N–C) groups is 1. The van der Waals surface area contributed by atoms with Gasteiger partial charge >= 0.3 is 6.09 Å². The van der Waals surface area contributed by atoms with Gasteiger partial charge in [-0.1, -0.05) is 32.1 Å². The second kappa shape index (κ2) is 13.1. The van der Waals surface area contributed by atoms with Crippen LogP contribution in [0.1, 0.15) is 65.2 Å². The maximum atomic E-state index is 13.7. The van der Waals surface area contributed by atoms with Crippen LogP contribution in [0.4, 0.5) is 4.79 Å². The number of nitrogens with one attached hydrogen (secondary N) is 2. The number of likely N-dealkylation sites (tertiary alicyclic amines) is 1. The van der Waals surface area contributed by atoms with Crippen molar-refractivity contribution in [1.29, 1.82) is 5.26 Å². The van der Waals surface area contributed by atoms with Gasteiger partial charge in [-0.2, -0.15) is 5.26 Å². The highest BCUT2D eigenvalue weighted by atomic mass is 16.5. The quantitative estimate of drug-likeness (QED) is 0.433. The molecule has 2 heterocycles. The summed E-state index contributed by atoms with van der Waals surface area (Å²) in [6.07, 6.45) is 6.84. The molecule has 2 saturated heterocycles. The number of morpholine rings is 1. The second-order valence-corrected chi connectivity index (χ2v) is 10.2. The van der Waals surface area contributed by atoms with E-state index in [1.165, 1.54) is 6.42 Å². The number of carbonyl (C=O) groups is 2. The Balaban J connectivity index is 1.85. The predicted octanol–water partition coefficient (Wildman–Crippen LogP) is 2.25. The van der Waals surface area contributed by atoms with Crippen molar-refractivity contribution in [1.82, 2.24) is 20.4 Å². The lowest BCUT2D eigenvalue weighted by molar-refractivity contribution is -0.124. The number of nitrogens with zero attached hydrogens (tertiary/aromatic N) is 4. The summed E-state index contributed by atoms with van der Waals surface area (Å²) >= 11 is 0. The maximum absolute atomic E-state index is 13.7. The summed E-state index contributed by atoms with van der Waals surface area (Å²) < 4.78 is 10.8. The number of nitriles is 1. The van der Waals surface area contributed by atoms with Gasteiger partial charge in [-0.15, -0.1) is 0 Å². The number of rotatable bonds is 6. The second-order valence-electron chi connectivity index (χ2n) is 10.2. The molecule has 2 N–H and O–H groups in total. The third-order valence-corrected chi connectivity index (χ3v) is 7.31. The van der Waals surface area contributed by atoms with E-state index in [-0.39, 0.29) is 18.6 Å². The van der Waals surface area contributed by atoms with Crippen molar-refractivity contribution in [3.05, 3.63) is 0 Å². The third-order valence-electron chi connectivity index (χ3n) is 7.31. The zero-order valence-electron chi connectivity index (χ0n) is 21.6. The Labute approximate surface area is 209 Å². The van der Waals surface area contributed by atoms with Crippen LogP contribution in [-0.2, 0) is 14.3 Å². The topological polar surface area (TPSA) is 119 Å². The van der Waals surface area contributed by atoms with Gasteiger partial charge in [0, 0.05) is 26.2 Å². The van der Waals surface area contributed by atoms with Gasteiger partial charge < -0.3 is 24.6 Å². The minimum Gasteiger partial charge on any atom is -0.450 e. The SMILES string of the molecule is CCOC(=O)NC(=NC(CC1CCCCC1)C(=O)NC1(C#N)CCN(C)CC1)N1CCOC(C)C1. The molecule has 196 valence electrons. The third kappa shape index (κ3) is 8.07. The Morgan fingerprint density at radius 2 is 1.94 bits per heavy atom. The largest absolute Gasteiger partial charge is 0.450 e. The van der Waals surface area contributed by atoms with Gasteiger partial charge in [-0.25, -0.2) is 9.79 Å². The molecular formula is C25H42N6O4. The van der Waals surface area contributed by atoms with Crippen molar-refractivity contribution in [2.75, 3.05) is 46.4 Å². The van der Waals surface area contributed by atoms with E-state index in [1.807, 2.05) is 18.9 Å². The highest BCUT2D eigenvalue weighted by molar-refractivity contribution is 5.96. The molecule has 1 aliphatic carbocycles. The highest BCUT2D eigenvalue weighted by Gasteiger charge is 2.38. The van der Waals surface area contributed by atoms with E-state index in [1.54, 1.807) is 6.92 Å². The minimum atomic E-state index is -0.883. The highest BCUT2D eigenvalue weighted by Crippen LogP contribution is 2.29. The first-order valence-electron chi connectivity index (χ1n) is 13.1. The fraction of sp³-hybridized carbons (Fsp3) is 0.840. The zero-order valence-corrected chi connectivity index (χ0v) is 21.6. The molecule has 2 atom stereocenters. The summed E-state index contributed by atoms with van der Waals surface area (Å²) in [6.45, 7) is 7.09. The van der Waals surface area contributed by atoms with Crippen LogP contribution in [0.2, 0.25) is 0 Å². The predicted molar refractivity (Wildman–Crippen MR) is 133 cm³/mol. The number of ether oxygens (including phenoxy) is 2. The Morgan fingerprint density at radius 3 is 2.57 bits per heavy atom. The average molecular weight is 491 g/mol. The van der Waals surface area contributed by atoms with E-state index >= 15 is 0 Å². The van der Waals surface area contributed by atoms with Crippen molar-refractivity contribution in [2.24, 2.45) is 10.9 Å². The van der Waals surface area contributed by atoms with E-state index < -0.39 is 17.7 Å². The van der Waals surface area contributed by atoms with Gasteiger partial charge in [0.1, 0.15) is 11.6 Å². The van der Waals surface area contributed by atoms with Crippen LogP contribution in [0.3, 0.4) is 0 Å². The van der Waals surface area contributed by atoms with E-state index in [2.05, 4.69) is 21.6 Å². The van der Waals surface area contributed by atoms with Gasteiger partial charge in [0.25, 0.3) is 0 Å². The van der Waals surface area contributed by atoms with E-state index in [0.717, 1.165) is 38.8 Å². The van der Waals surface area contributed by atoms with Crippen molar-refractivity contribution in [2.45, 2.75) is 82.9 Å². The molecule has 3 fully saturated rings. The fourth-order valence-corrected chi connectivity index (χ4v) is 5.15. The number of piperidine rings is 1. The molecule has 35 heavy (non-hydrogen) atoms. The lowest BCUT2D eigenvalue weighted by Crippen LogP contribution is -2.56. The average Bonchev–Trinajstić information content (AvgIpc) is 2.85. The molecule has 2 aliphatic heterocycles. The Bertz CT molecular complexity index is 783. The van der Waals surface area contributed by atoms with Gasteiger partial charge in [0.2, 0.25) is 11.9 Å². The maximum Gasteiger partial charge on any atom is 0.413 e. The summed E-state index contributed by atoms with van der Waals surface area (Å²) in [5.74, 6) is 0.487. The molecule has 0 aromatic carbocycles. The number of hydrogen-bond donors (Lipinski definition) is 2. The number of amides is 2. The van der Waals surface area contributed by atoms with Crippen LogP contribution in [0.25, 0.3) is 0 Å². The fourth-order valence-electron chi connectivity index (χ4n) is 5.15. The van der Waals surface area contributed by atoms with Crippen molar-refractivity contribution in [3.63, 3.8) is 0 Å². The lowest BCUT2D eigenvalue weighted by Gasteiger charge is -2.37. The number of carbonyl (C=O) groups excluding carboxylic acids is 2. The first-order valence-corrected chi connectivity index (χ1v) is 13.1. The number of alkyl carbamates (subject to hydrolysis) is 1. The van der Waals surface area contributed by atoms with Crippen molar-refractivity contribution >= 4 is 18.0 Å². The van der Waals surface area contributed by atoms with Gasteiger partial charge in [-0.05, 0) is 46.1 Å². The summed E-state index contributed by atoms with van der Waals surface area (Å²) in [5.41, 5.74) is -0.883. The van der Waals surface area contributed by atoms with E-state index in [9.17, 15) is 14.9 Å². The molecular weight excluding hydrogens is 448 g/mol. The lowest BCUT2D eigenvalue weighted by atomic mass is 9.84. The summed E-state index contributed by atoms with van der Waals surface area (Å²) in [4.78, 5) is 35.0. The van der Waals surface area contributed by atoms with Crippen LogP contribution in [0.15, 0.2) is 4.99 Å². The minimum absolute atomic E-state index is 0.0235. The zero-order chi connectivity index (χ0) is 25.3. The molecule has 10 heteroatoms. The Morgan fingerprint density at radius 1 is 1.23 bits per heavy atom. The standard InChI is InChI=1S/C25H42N6O4/c1-4-34-24(33)28-23(31-14-15-35-19(2)17-31)27-21(16-20-8-6-5-7-9-20)22(32)29-25(18-26)10-12-30(3)13-11-25/h19-21H,4-17H2,1-3H3,(H,29,32)(H,27,28,33). The molecule has 0 spiro atoms. The van der Waals surface area contributed by atoms with Crippen molar-refractivity contribution < 1.29 is 19.1 Å². The molecule has 0 aromatic heterocycles. The Hall–Kier alpha value is -2.38. The molecule has 0 bridgehead atoms. The summed E-state index contributed by atoms with van der Waals surface area (Å²) in [7, 11) is 2.02. The van der Waals surface area contributed by atoms with Gasteiger partial charge in [-0.3, -0.25) is 10.1 Å². The molecule has 2 amide bonds. The number of hydrogen-bond acceptors (Lipinski definition) is 7. The molecule has 3 aliphatic rings. The van der Waals surface area contributed by atoms with E-state index in [0.29, 0.717) is 50.8 Å². The van der Waals surface area contributed by atoms with Crippen LogP contribution < -0.4 is 10.6 Å². The monoisotopic (exact) mass is 490 g/mol. The van der Waals surface area contributed by atoms with Crippen LogP contribution in [-0.4, -0.2) is 91.9 Å². The molecule has 0 aromatic rings. The first kappa shape index (κ1) is 27.2. The molecule has 0 radical (unpaired) electrons. The molecule has 10 nitrogen and oxygen atoms in total. The normalized spacial score (nSPS) is 24.8. The molecule has 3 rings (SSSR count). The van der Waals surface area contributed by atoms with Crippen LogP contribution in [0, 0.1) is 17.2 Å². The molecule has 1 saturated carbocycles. The van der Waals surface area contributed by atoms with Gasteiger partial charge in [0.15, 0.2) is 0 Å². The van der Waals surface area contributed by atoms with E-state index in [4.69, 9.17) is 14.5 Å².